The van der Waals surface area contributed by atoms with Gasteiger partial charge < -0.3 is 9.32 Å². The zero-order valence-electron chi connectivity index (χ0n) is 16.3. The molecule has 2 heterocycles. The van der Waals surface area contributed by atoms with Crippen molar-refractivity contribution in [3.8, 4) is 28.7 Å². The predicted molar refractivity (Wildman–Crippen MR) is 111 cm³/mol. The number of rotatable bonds is 5. The van der Waals surface area contributed by atoms with Crippen molar-refractivity contribution < 1.29 is 4.42 Å². The number of hydrogen-bond donors (Lipinski definition) is 0. The topological polar surface area (TPSA) is 53.1 Å². The van der Waals surface area contributed by atoms with Gasteiger partial charge in [-0.1, -0.05) is 30.7 Å². The molecule has 2 aromatic carbocycles. The summed E-state index contributed by atoms with van der Waals surface area (Å²) in [6.07, 6.45) is 4.92. The molecule has 1 saturated heterocycles. The minimum atomic E-state index is 0.670. The number of nitrogens with zero attached hydrogens (tertiary/aromatic N) is 3. The smallest absolute Gasteiger partial charge is 0.226 e. The van der Waals surface area contributed by atoms with Gasteiger partial charge in [-0.15, -0.1) is 0 Å². The van der Waals surface area contributed by atoms with Crippen molar-refractivity contribution in [3.05, 3.63) is 65.5 Å². The van der Waals surface area contributed by atoms with Gasteiger partial charge in [0.05, 0.1) is 17.3 Å². The highest BCUT2D eigenvalue weighted by Crippen LogP contribution is 2.26. The summed E-state index contributed by atoms with van der Waals surface area (Å²) in [5, 5.41) is 9.08. The van der Waals surface area contributed by atoms with Crippen LogP contribution in [0.1, 0.15) is 36.3 Å². The van der Waals surface area contributed by atoms with Crippen molar-refractivity contribution in [1.82, 2.24) is 9.88 Å². The molecule has 0 bridgehead atoms. The maximum absolute atomic E-state index is 9.08. The van der Waals surface area contributed by atoms with Gasteiger partial charge in [0.2, 0.25) is 5.89 Å². The SMILES string of the molecule is Cc1oc(-c2ccc(-c3cccc(C#N)c3)cc2)nc1CCN1CCCCC1. The maximum atomic E-state index is 9.08. The van der Waals surface area contributed by atoms with Gasteiger partial charge in [0.15, 0.2) is 0 Å². The number of aromatic nitrogens is 1. The highest BCUT2D eigenvalue weighted by atomic mass is 16.4. The van der Waals surface area contributed by atoms with Crippen LogP contribution in [0.25, 0.3) is 22.6 Å². The molecule has 4 rings (SSSR count). The van der Waals surface area contributed by atoms with E-state index in [4.69, 9.17) is 14.7 Å². The largest absolute Gasteiger partial charge is 0.441 e. The Balaban J connectivity index is 1.47. The van der Waals surface area contributed by atoms with Gasteiger partial charge in [-0.25, -0.2) is 4.98 Å². The predicted octanol–water partition coefficient (Wildman–Crippen LogP) is 5.22. The molecule has 1 fully saturated rings. The van der Waals surface area contributed by atoms with Crippen molar-refractivity contribution in [1.29, 1.82) is 5.26 Å². The highest BCUT2D eigenvalue weighted by Gasteiger charge is 2.15. The lowest BCUT2D eigenvalue weighted by molar-refractivity contribution is 0.230. The molecule has 28 heavy (non-hydrogen) atoms. The molecule has 0 spiro atoms. The molecule has 0 atom stereocenters. The van der Waals surface area contributed by atoms with Gasteiger partial charge in [0.1, 0.15) is 5.76 Å². The first-order valence-electron chi connectivity index (χ1n) is 10.0. The molecule has 0 saturated carbocycles. The van der Waals surface area contributed by atoms with Gasteiger partial charge in [0, 0.05) is 18.5 Å². The Morgan fingerprint density at radius 3 is 2.50 bits per heavy atom. The third kappa shape index (κ3) is 4.16. The standard InChI is InChI=1S/C24H25N3O/c1-18-23(12-15-27-13-3-2-4-14-27)26-24(28-18)21-10-8-20(9-11-21)22-7-5-6-19(16-22)17-25/h5-11,16H,2-4,12-15H2,1H3. The zero-order valence-corrected chi connectivity index (χ0v) is 16.3. The number of piperidine rings is 1. The Labute approximate surface area is 166 Å². The lowest BCUT2D eigenvalue weighted by atomic mass is 10.0. The molecule has 1 aliphatic rings. The highest BCUT2D eigenvalue weighted by molar-refractivity contribution is 5.68. The van der Waals surface area contributed by atoms with Crippen molar-refractivity contribution in [3.63, 3.8) is 0 Å². The quantitative estimate of drug-likeness (QED) is 0.617. The molecule has 1 aromatic heterocycles. The van der Waals surface area contributed by atoms with Gasteiger partial charge in [-0.05, 0) is 68.2 Å². The second-order valence-corrected chi connectivity index (χ2v) is 7.44. The van der Waals surface area contributed by atoms with E-state index in [0.29, 0.717) is 11.5 Å². The van der Waals surface area contributed by atoms with E-state index in [9.17, 15) is 0 Å². The van der Waals surface area contributed by atoms with Crippen LogP contribution < -0.4 is 0 Å². The van der Waals surface area contributed by atoms with E-state index in [1.54, 1.807) is 0 Å². The molecule has 0 radical (unpaired) electrons. The lowest BCUT2D eigenvalue weighted by Crippen LogP contribution is -2.31. The molecule has 0 amide bonds. The zero-order chi connectivity index (χ0) is 19.3. The summed E-state index contributed by atoms with van der Waals surface area (Å²) in [6.45, 7) is 5.47. The summed E-state index contributed by atoms with van der Waals surface area (Å²) in [7, 11) is 0. The molecule has 0 unspecified atom stereocenters. The number of aryl methyl sites for hydroxylation is 1. The number of likely N-dealkylation sites (tertiary alicyclic amines) is 1. The van der Waals surface area contributed by atoms with Crippen LogP contribution in [-0.4, -0.2) is 29.5 Å². The first kappa shape index (κ1) is 18.5. The Morgan fingerprint density at radius 1 is 1.00 bits per heavy atom. The number of benzene rings is 2. The Bertz CT molecular complexity index is 976. The second kappa shape index (κ2) is 8.41. The fraction of sp³-hybridized carbons (Fsp3) is 0.333. The Kier molecular flexibility index (Phi) is 5.55. The molecule has 3 aromatic rings. The normalized spacial score (nSPS) is 14.7. The van der Waals surface area contributed by atoms with Crippen LogP contribution in [0.3, 0.4) is 0 Å². The first-order chi connectivity index (χ1) is 13.7. The van der Waals surface area contributed by atoms with E-state index < -0.39 is 0 Å². The first-order valence-corrected chi connectivity index (χ1v) is 10.0. The third-order valence-corrected chi connectivity index (χ3v) is 5.46. The monoisotopic (exact) mass is 371 g/mol. The number of hydrogen-bond acceptors (Lipinski definition) is 4. The minimum Gasteiger partial charge on any atom is -0.441 e. The van der Waals surface area contributed by atoms with Crippen LogP contribution >= 0.6 is 0 Å². The second-order valence-electron chi connectivity index (χ2n) is 7.44. The van der Waals surface area contributed by atoms with Crippen LogP contribution in [0.4, 0.5) is 0 Å². The molecule has 4 heteroatoms. The summed E-state index contributed by atoms with van der Waals surface area (Å²) < 4.78 is 5.95. The van der Waals surface area contributed by atoms with E-state index in [0.717, 1.165) is 41.1 Å². The van der Waals surface area contributed by atoms with Crippen LogP contribution in [-0.2, 0) is 6.42 Å². The molecule has 0 N–H and O–H groups in total. The summed E-state index contributed by atoms with van der Waals surface area (Å²) in [6, 6.07) is 18.0. The van der Waals surface area contributed by atoms with Crippen LogP contribution in [0.5, 0.6) is 0 Å². The summed E-state index contributed by atoms with van der Waals surface area (Å²) in [5.41, 5.74) is 4.83. The van der Waals surface area contributed by atoms with Crippen molar-refractivity contribution in [2.45, 2.75) is 32.6 Å². The van der Waals surface area contributed by atoms with Crippen molar-refractivity contribution in [2.24, 2.45) is 0 Å². The summed E-state index contributed by atoms with van der Waals surface area (Å²) >= 11 is 0. The summed E-state index contributed by atoms with van der Waals surface area (Å²) in [4.78, 5) is 7.29. The number of oxazole rings is 1. The van der Waals surface area contributed by atoms with Crippen LogP contribution in [0.15, 0.2) is 52.9 Å². The van der Waals surface area contributed by atoms with Crippen molar-refractivity contribution in [2.75, 3.05) is 19.6 Å². The summed E-state index contributed by atoms with van der Waals surface area (Å²) in [5.74, 6) is 1.60. The van der Waals surface area contributed by atoms with E-state index in [-0.39, 0.29) is 0 Å². The molecule has 142 valence electrons. The Hall–Kier alpha value is -2.90. The van der Waals surface area contributed by atoms with Gasteiger partial charge in [-0.2, -0.15) is 5.26 Å². The van der Waals surface area contributed by atoms with E-state index in [1.807, 2.05) is 43.3 Å². The van der Waals surface area contributed by atoms with Crippen LogP contribution in [0, 0.1) is 18.3 Å². The molecule has 4 nitrogen and oxygen atoms in total. The van der Waals surface area contributed by atoms with E-state index in [1.165, 1.54) is 32.4 Å². The Morgan fingerprint density at radius 2 is 1.75 bits per heavy atom. The lowest BCUT2D eigenvalue weighted by Gasteiger charge is -2.25. The maximum Gasteiger partial charge on any atom is 0.226 e. The molecular formula is C24H25N3O. The van der Waals surface area contributed by atoms with E-state index in [2.05, 4.69) is 23.1 Å². The molecular weight excluding hydrogens is 346 g/mol. The minimum absolute atomic E-state index is 0.670. The van der Waals surface area contributed by atoms with Gasteiger partial charge in [-0.3, -0.25) is 0 Å². The van der Waals surface area contributed by atoms with Gasteiger partial charge >= 0.3 is 0 Å². The number of nitriles is 1. The fourth-order valence-corrected chi connectivity index (χ4v) is 3.80. The van der Waals surface area contributed by atoms with Crippen molar-refractivity contribution >= 4 is 0 Å². The molecule has 0 aliphatic carbocycles. The average molecular weight is 371 g/mol. The van der Waals surface area contributed by atoms with E-state index >= 15 is 0 Å². The fourth-order valence-electron chi connectivity index (χ4n) is 3.80. The average Bonchev–Trinajstić information content (AvgIpc) is 3.13. The molecule has 1 aliphatic heterocycles. The third-order valence-electron chi connectivity index (χ3n) is 5.46. The van der Waals surface area contributed by atoms with Crippen LogP contribution in [0.2, 0.25) is 0 Å². The van der Waals surface area contributed by atoms with Gasteiger partial charge in [0.25, 0.3) is 0 Å².